The molecule has 0 N–H and O–H groups in total. The quantitative estimate of drug-likeness (QED) is 0.833. The lowest BCUT2D eigenvalue weighted by molar-refractivity contribution is 0.138. The van der Waals surface area contributed by atoms with Crippen molar-refractivity contribution in [1.29, 1.82) is 0 Å². The first-order valence-electron chi connectivity index (χ1n) is 6.39. The molecule has 2 rings (SSSR count). The Morgan fingerprint density at radius 3 is 2.67 bits per heavy atom. The van der Waals surface area contributed by atoms with E-state index in [2.05, 4.69) is 23.9 Å². The Hall–Kier alpha value is -0.640. The van der Waals surface area contributed by atoms with Gasteiger partial charge < -0.3 is 4.90 Å². The monoisotopic (exact) mass is 270 g/mol. The van der Waals surface area contributed by atoms with Crippen LogP contribution in [-0.2, 0) is 6.54 Å². The summed E-state index contributed by atoms with van der Waals surface area (Å²) in [5, 5.41) is 0.523. The molecule has 0 aliphatic carbocycles. The molecule has 0 saturated carbocycles. The van der Waals surface area contributed by atoms with E-state index < -0.39 is 0 Å². The van der Waals surface area contributed by atoms with Crippen molar-refractivity contribution < 1.29 is 4.39 Å². The predicted octanol–water partition coefficient (Wildman–Crippen LogP) is 3.01. The van der Waals surface area contributed by atoms with Crippen molar-refractivity contribution in [3.05, 3.63) is 34.6 Å². The highest BCUT2D eigenvalue weighted by atomic mass is 35.5. The van der Waals surface area contributed by atoms with Crippen LogP contribution in [0.2, 0.25) is 5.02 Å². The Balaban J connectivity index is 2.00. The molecule has 1 aromatic carbocycles. The van der Waals surface area contributed by atoms with E-state index >= 15 is 0 Å². The van der Waals surface area contributed by atoms with Crippen LogP contribution in [0.5, 0.6) is 0 Å². The molecule has 1 aliphatic rings. The van der Waals surface area contributed by atoms with Gasteiger partial charge in [-0.2, -0.15) is 0 Å². The zero-order valence-corrected chi connectivity index (χ0v) is 11.8. The van der Waals surface area contributed by atoms with Crippen LogP contribution in [0, 0.1) is 5.82 Å². The van der Waals surface area contributed by atoms with E-state index in [0.29, 0.717) is 23.2 Å². The molecule has 0 bridgehead atoms. The SMILES string of the molecule is CN1CCC(N(C)Cc2c(F)cccc2Cl)CC1. The average Bonchev–Trinajstić information content (AvgIpc) is 2.34. The van der Waals surface area contributed by atoms with Crippen molar-refractivity contribution in [2.45, 2.75) is 25.4 Å². The highest BCUT2D eigenvalue weighted by molar-refractivity contribution is 6.31. The maximum Gasteiger partial charge on any atom is 0.129 e. The summed E-state index contributed by atoms with van der Waals surface area (Å²) in [6, 6.07) is 5.40. The largest absolute Gasteiger partial charge is 0.306 e. The summed E-state index contributed by atoms with van der Waals surface area (Å²) in [6.07, 6.45) is 2.28. The lowest BCUT2D eigenvalue weighted by Gasteiger charge is -2.35. The normalized spacial score (nSPS) is 18.5. The van der Waals surface area contributed by atoms with Crippen LogP contribution in [0.1, 0.15) is 18.4 Å². The third-order valence-electron chi connectivity index (χ3n) is 3.78. The van der Waals surface area contributed by atoms with Gasteiger partial charge in [-0.25, -0.2) is 4.39 Å². The first-order chi connectivity index (χ1) is 8.58. The number of hydrogen-bond donors (Lipinski definition) is 0. The maximum atomic E-state index is 13.7. The number of hydrogen-bond acceptors (Lipinski definition) is 2. The smallest absolute Gasteiger partial charge is 0.129 e. The summed E-state index contributed by atoms with van der Waals surface area (Å²) in [4.78, 5) is 4.55. The molecule has 0 radical (unpaired) electrons. The van der Waals surface area contributed by atoms with Crippen LogP contribution in [0.3, 0.4) is 0 Å². The van der Waals surface area contributed by atoms with E-state index in [9.17, 15) is 4.39 Å². The van der Waals surface area contributed by atoms with Gasteiger partial charge in [-0.1, -0.05) is 17.7 Å². The summed E-state index contributed by atoms with van der Waals surface area (Å²) in [5.74, 6) is -0.206. The van der Waals surface area contributed by atoms with Gasteiger partial charge in [0.2, 0.25) is 0 Å². The summed E-state index contributed by atoms with van der Waals surface area (Å²) < 4.78 is 13.7. The van der Waals surface area contributed by atoms with Gasteiger partial charge in [0.15, 0.2) is 0 Å². The van der Waals surface area contributed by atoms with Crippen LogP contribution in [-0.4, -0.2) is 43.0 Å². The third kappa shape index (κ3) is 3.22. The standard InChI is InChI=1S/C14H20ClFN2/c1-17-8-6-11(7-9-17)18(2)10-12-13(15)4-3-5-14(12)16/h3-5,11H,6-10H2,1-2H3. The van der Waals surface area contributed by atoms with Gasteiger partial charge in [-0.3, -0.25) is 4.90 Å². The molecule has 4 heteroatoms. The van der Waals surface area contributed by atoms with Crippen molar-refractivity contribution in [2.24, 2.45) is 0 Å². The van der Waals surface area contributed by atoms with Gasteiger partial charge in [-0.15, -0.1) is 0 Å². The average molecular weight is 271 g/mol. The van der Waals surface area contributed by atoms with Crippen molar-refractivity contribution in [1.82, 2.24) is 9.80 Å². The molecular weight excluding hydrogens is 251 g/mol. The first kappa shape index (κ1) is 13.8. The van der Waals surface area contributed by atoms with Crippen LogP contribution in [0.15, 0.2) is 18.2 Å². The van der Waals surface area contributed by atoms with E-state index in [-0.39, 0.29) is 5.82 Å². The second kappa shape index (κ2) is 6.00. The molecule has 1 aromatic rings. The molecule has 1 aliphatic heterocycles. The summed E-state index contributed by atoms with van der Waals surface area (Å²) >= 11 is 6.06. The summed E-state index contributed by atoms with van der Waals surface area (Å²) in [5.41, 5.74) is 0.612. The zero-order chi connectivity index (χ0) is 13.1. The minimum Gasteiger partial charge on any atom is -0.306 e. The molecule has 1 saturated heterocycles. The molecule has 0 atom stereocenters. The van der Waals surface area contributed by atoms with Crippen molar-refractivity contribution in [3.8, 4) is 0 Å². The fraction of sp³-hybridized carbons (Fsp3) is 0.571. The van der Waals surface area contributed by atoms with E-state index in [0.717, 1.165) is 25.9 Å². The number of piperidine rings is 1. The molecular formula is C14H20ClFN2. The Kier molecular flexibility index (Phi) is 4.60. The molecule has 0 aromatic heterocycles. The zero-order valence-electron chi connectivity index (χ0n) is 11.0. The number of rotatable bonds is 3. The van der Waals surface area contributed by atoms with Crippen molar-refractivity contribution in [3.63, 3.8) is 0 Å². The second-order valence-corrected chi connectivity index (χ2v) is 5.56. The van der Waals surface area contributed by atoms with E-state index in [1.165, 1.54) is 6.07 Å². The van der Waals surface area contributed by atoms with Crippen molar-refractivity contribution in [2.75, 3.05) is 27.2 Å². The fourth-order valence-corrected chi connectivity index (χ4v) is 2.72. The lowest BCUT2D eigenvalue weighted by Crippen LogP contribution is -2.41. The van der Waals surface area contributed by atoms with Gasteiger partial charge >= 0.3 is 0 Å². The predicted molar refractivity (Wildman–Crippen MR) is 73.4 cm³/mol. The summed E-state index contributed by atoms with van der Waals surface area (Å²) in [7, 11) is 4.20. The van der Waals surface area contributed by atoms with Gasteiger partial charge in [0, 0.05) is 23.2 Å². The van der Waals surface area contributed by atoms with Gasteiger partial charge in [0.25, 0.3) is 0 Å². The topological polar surface area (TPSA) is 6.48 Å². The van der Waals surface area contributed by atoms with Gasteiger partial charge in [0.05, 0.1) is 0 Å². The second-order valence-electron chi connectivity index (χ2n) is 5.15. The number of benzene rings is 1. The number of nitrogens with zero attached hydrogens (tertiary/aromatic N) is 2. The van der Waals surface area contributed by atoms with E-state index in [1.807, 2.05) is 0 Å². The molecule has 18 heavy (non-hydrogen) atoms. The van der Waals surface area contributed by atoms with Crippen LogP contribution >= 0.6 is 11.6 Å². The third-order valence-corrected chi connectivity index (χ3v) is 4.13. The van der Waals surface area contributed by atoms with E-state index in [4.69, 9.17) is 11.6 Å². The molecule has 0 unspecified atom stereocenters. The fourth-order valence-electron chi connectivity index (χ4n) is 2.50. The molecule has 100 valence electrons. The minimum absolute atomic E-state index is 0.206. The molecule has 0 amide bonds. The van der Waals surface area contributed by atoms with Crippen LogP contribution < -0.4 is 0 Å². The van der Waals surface area contributed by atoms with Gasteiger partial charge in [-0.05, 0) is 52.2 Å². The maximum absolute atomic E-state index is 13.7. The van der Waals surface area contributed by atoms with Crippen LogP contribution in [0.25, 0.3) is 0 Å². The Bertz CT molecular complexity index is 383. The molecule has 1 fully saturated rings. The highest BCUT2D eigenvalue weighted by Crippen LogP contribution is 2.23. The molecule has 1 heterocycles. The first-order valence-corrected chi connectivity index (χ1v) is 6.77. The van der Waals surface area contributed by atoms with Crippen molar-refractivity contribution >= 4 is 11.6 Å². The number of likely N-dealkylation sites (tertiary alicyclic amines) is 1. The lowest BCUT2D eigenvalue weighted by atomic mass is 10.0. The number of halogens is 2. The Morgan fingerprint density at radius 1 is 1.39 bits per heavy atom. The van der Waals surface area contributed by atoms with E-state index in [1.54, 1.807) is 12.1 Å². The molecule has 2 nitrogen and oxygen atoms in total. The minimum atomic E-state index is -0.206. The Labute approximate surface area is 113 Å². The van der Waals surface area contributed by atoms with Gasteiger partial charge in [0.1, 0.15) is 5.82 Å². The van der Waals surface area contributed by atoms with Crippen LogP contribution in [0.4, 0.5) is 4.39 Å². The Morgan fingerprint density at radius 2 is 2.06 bits per heavy atom. The summed E-state index contributed by atoms with van der Waals surface area (Å²) in [6.45, 7) is 2.81. The molecule has 0 spiro atoms. The highest BCUT2D eigenvalue weighted by Gasteiger charge is 2.21.